The molecule has 8 nitrogen and oxygen atoms in total. The lowest BCUT2D eigenvalue weighted by Gasteiger charge is -2.15. The SMILES string of the molecule is CCC(C#N)S(=O)(=O)N[C@@H](CC(=O)OC)C(=O)O. The number of aliphatic carboxylic acids is 1. The van der Waals surface area contributed by atoms with E-state index in [1.54, 1.807) is 6.07 Å². The second-order valence-corrected chi connectivity index (χ2v) is 5.25. The second-order valence-electron chi connectivity index (χ2n) is 3.36. The summed E-state index contributed by atoms with van der Waals surface area (Å²) in [6.45, 7) is 1.48. The zero-order chi connectivity index (χ0) is 14.3. The highest BCUT2D eigenvalue weighted by Crippen LogP contribution is 2.06. The van der Waals surface area contributed by atoms with Crippen LogP contribution in [0.15, 0.2) is 0 Å². The quantitative estimate of drug-likeness (QED) is 0.583. The lowest BCUT2D eigenvalue weighted by Crippen LogP contribution is -2.45. The number of nitriles is 1. The monoisotopic (exact) mass is 278 g/mol. The van der Waals surface area contributed by atoms with Gasteiger partial charge in [-0.3, -0.25) is 9.59 Å². The number of hydrogen-bond donors (Lipinski definition) is 2. The number of carbonyl (C=O) groups is 2. The minimum absolute atomic E-state index is 0.0103. The zero-order valence-electron chi connectivity index (χ0n) is 9.91. The third kappa shape index (κ3) is 4.68. The number of rotatable bonds is 7. The van der Waals surface area contributed by atoms with Crippen molar-refractivity contribution in [3.05, 3.63) is 0 Å². The number of methoxy groups -OCH3 is 1. The standard InChI is InChI=1S/C9H14N2O6S/c1-3-6(5-10)18(15,16)11-7(9(13)14)4-8(12)17-2/h6-7,11H,3-4H2,1-2H3,(H,13,14)/t6?,7-/m0/s1. The molecule has 0 spiro atoms. The van der Waals surface area contributed by atoms with Crippen LogP contribution < -0.4 is 4.72 Å². The molecule has 0 rings (SSSR count). The fourth-order valence-corrected chi connectivity index (χ4v) is 2.41. The summed E-state index contributed by atoms with van der Waals surface area (Å²) in [5, 5.41) is 16.1. The third-order valence-corrected chi connectivity index (χ3v) is 3.89. The average molecular weight is 278 g/mol. The fraction of sp³-hybridized carbons (Fsp3) is 0.667. The maximum atomic E-state index is 11.6. The van der Waals surface area contributed by atoms with Crippen LogP contribution in [0, 0.1) is 11.3 Å². The first-order chi connectivity index (χ1) is 8.28. The lowest BCUT2D eigenvalue weighted by molar-refractivity contribution is -0.147. The Kier molecular flexibility index (Phi) is 6.29. The number of carboxylic acids is 1. The maximum Gasteiger partial charge on any atom is 0.322 e. The number of carboxylic acid groups (broad SMARTS) is 1. The summed E-state index contributed by atoms with van der Waals surface area (Å²) in [4.78, 5) is 21.7. The summed E-state index contributed by atoms with van der Waals surface area (Å²) in [6.07, 6.45) is -0.636. The van der Waals surface area contributed by atoms with Gasteiger partial charge >= 0.3 is 11.9 Å². The number of ether oxygens (including phenoxy) is 1. The van der Waals surface area contributed by atoms with Crippen molar-refractivity contribution in [3.8, 4) is 6.07 Å². The summed E-state index contributed by atoms with van der Waals surface area (Å²) >= 11 is 0. The largest absolute Gasteiger partial charge is 0.480 e. The number of hydrogen-bond acceptors (Lipinski definition) is 6. The molecule has 0 saturated carbocycles. The molecule has 0 saturated heterocycles. The van der Waals surface area contributed by atoms with E-state index in [0.717, 1.165) is 7.11 Å². The van der Waals surface area contributed by atoms with E-state index in [2.05, 4.69) is 4.74 Å². The van der Waals surface area contributed by atoms with E-state index in [9.17, 15) is 18.0 Å². The van der Waals surface area contributed by atoms with Crippen molar-refractivity contribution in [1.29, 1.82) is 5.26 Å². The van der Waals surface area contributed by atoms with E-state index >= 15 is 0 Å². The molecule has 2 N–H and O–H groups in total. The van der Waals surface area contributed by atoms with Gasteiger partial charge in [0.15, 0.2) is 5.25 Å². The van der Waals surface area contributed by atoms with Gasteiger partial charge < -0.3 is 9.84 Å². The van der Waals surface area contributed by atoms with E-state index in [1.165, 1.54) is 6.92 Å². The molecule has 0 aromatic heterocycles. The highest BCUT2D eigenvalue weighted by Gasteiger charge is 2.31. The van der Waals surface area contributed by atoms with Crippen molar-refractivity contribution >= 4 is 22.0 Å². The van der Waals surface area contributed by atoms with Crippen LogP contribution in [0.3, 0.4) is 0 Å². The van der Waals surface area contributed by atoms with E-state index in [1.807, 2.05) is 4.72 Å². The van der Waals surface area contributed by atoms with Gasteiger partial charge in [0.05, 0.1) is 19.6 Å². The first kappa shape index (κ1) is 16.3. The normalized spacial score (nSPS) is 14.3. The minimum atomic E-state index is -4.12. The molecule has 0 aromatic carbocycles. The molecule has 9 heteroatoms. The molecule has 0 bridgehead atoms. The van der Waals surface area contributed by atoms with Crippen LogP contribution in [-0.4, -0.2) is 43.9 Å². The van der Waals surface area contributed by atoms with Crippen LogP contribution >= 0.6 is 0 Å². The van der Waals surface area contributed by atoms with Gasteiger partial charge in [0.1, 0.15) is 6.04 Å². The van der Waals surface area contributed by atoms with Crippen molar-refractivity contribution in [2.75, 3.05) is 7.11 Å². The van der Waals surface area contributed by atoms with Gasteiger partial charge in [-0.2, -0.15) is 9.98 Å². The minimum Gasteiger partial charge on any atom is -0.480 e. The molecule has 0 amide bonds. The summed E-state index contributed by atoms with van der Waals surface area (Å²) in [5.41, 5.74) is 0. The molecule has 1 unspecified atom stereocenters. The van der Waals surface area contributed by atoms with Crippen molar-refractivity contribution in [2.24, 2.45) is 0 Å². The molecule has 0 aromatic rings. The van der Waals surface area contributed by atoms with Crippen LogP contribution in [0.2, 0.25) is 0 Å². The Bertz CT molecular complexity index is 452. The Morgan fingerprint density at radius 1 is 1.50 bits per heavy atom. The summed E-state index contributed by atoms with van der Waals surface area (Å²) in [5.74, 6) is -2.38. The van der Waals surface area contributed by atoms with Crippen LogP contribution in [-0.2, 0) is 24.3 Å². The number of esters is 1. The van der Waals surface area contributed by atoms with Gasteiger partial charge in [-0.05, 0) is 6.42 Å². The maximum absolute atomic E-state index is 11.6. The molecule has 0 aliphatic rings. The van der Waals surface area contributed by atoms with Crippen LogP contribution in [0.4, 0.5) is 0 Å². The molecule has 0 aliphatic heterocycles. The Balaban J connectivity index is 4.95. The summed E-state index contributed by atoms with van der Waals surface area (Å²) in [6, 6.07) is -0.104. The average Bonchev–Trinajstić information content (AvgIpc) is 2.28. The van der Waals surface area contributed by atoms with Gasteiger partial charge in [-0.1, -0.05) is 6.92 Å². The van der Waals surface area contributed by atoms with Gasteiger partial charge in [0.2, 0.25) is 10.0 Å². The smallest absolute Gasteiger partial charge is 0.322 e. The predicted molar refractivity (Wildman–Crippen MR) is 59.8 cm³/mol. The van der Waals surface area contributed by atoms with Gasteiger partial charge in [0.25, 0.3) is 0 Å². The highest BCUT2D eigenvalue weighted by atomic mass is 32.2. The molecule has 0 aliphatic carbocycles. The van der Waals surface area contributed by atoms with E-state index < -0.39 is 39.7 Å². The van der Waals surface area contributed by atoms with E-state index in [-0.39, 0.29) is 6.42 Å². The highest BCUT2D eigenvalue weighted by molar-refractivity contribution is 7.90. The van der Waals surface area contributed by atoms with Crippen LogP contribution in [0.25, 0.3) is 0 Å². The van der Waals surface area contributed by atoms with Gasteiger partial charge in [-0.25, -0.2) is 8.42 Å². The second kappa shape index (κ2) is 6.93. The first-order valence-corrected chi connectivity index (χ1v) is 6.53. The molecule has 2 atom stereocenters. The van der Waals surface area contributed by atoms with Gasteiger partial charge in [-0.15, -0.1) is 0 Å². The Morgan fingerprint density at radius 2 is 2.06 bits per heavy atom. The van der Waals surface area contributed by atoms with Crippen molar-refractivity contribution < 1.29 is 27.9 Å². The van der Waals surface area contributed by atoms with E-state index in [0.29, 0.717) is 0 Å². The Morgan fingerprint density at radius 3 is 2.39 bits per heavy atom. The molecule has 0 heterocycles. The van der Waals surface area contributed by atoms with Crippen molar-refractivity contribution in [2.45, 2.75) is 31.1 Å². The molecule has 18 heavy (non-hydrogen) atoms. The zero-order valence-corrected chi connectivity index (χ0v) is 10.7. The fourth-order valence-electron chi connectivity index (χ4n) is 1.09. The van der Waals surface area contributed by atoms with Crippen molar-refractivity contribution in [3.63, 3.8) is 0 Å². The number of nitrogens with zero attached hydrogens (tertiary/aromatic N) is 1. The lowest BCUT2D eigenvalue weighted by atomic mass is 10.2. The summed E-state index contributed by atoms with van der Waals surface area (Å²) < 4.78 is 29.3. The number of nitrogens with one attached hydrogen (secondary N) is 1. The van der Waals surface area contributed by atoms with Crippen LogP contribution in [0.5, 0.6) is 0 Å². The van der Waals surface area contributed by atoms with Crippen molar-refractivity contribution in [1.82, 2.24) is 4.72 Å². The van der Waals surface area contributed by atoms with Crippen LogP contribution in [0.1, 0.15) is 19.8 Å². The first-order valence-electron chi connectivity index (χ1n) is 4.98. The number of sulfonamides is 1. The molecular formula is C9H14N2O6S. The Labute approximate surface area is 105 Å². The third-order valence-electron chi connectivity index (χ3n) is 2.09. The molecule has 0 fully saturated rings. The topological polar surface area (TPSA) is 134 Å². The molecular weight excluding hydrogens is 264 g/mol. The Hall–Kier alpha value is -1.66. The van der Waals surface area contributed by atoms with E-state index in [4.69, 9.17) is 10.4 Å². The predicted octanol–water partition coefficient (Wildman–Crippen LogP) is -0.776. The molecule has 102 valence electrons. The van der Waals surface area contributed by atoms with Gasteiger partial charge in [0, 0.05) is 0 Å². The number of carbonyl (C=O) groups excluding carboxylic acids is 1. The summed E-state index contributed by atoms with van der Waals surface area (Å²) in [7, 11) is -3.06. The molecule has 0 radical (unpaired) electrons.